The van der Waals surface area contributed by atoms with Gasteiger partial charge in [-0.05, 0) is 87.1 Å². The van der Waals surface area contributed by atoms with Crippen LogP contribution in [0.25, 0.3) is 0 Å². The van der Waals surface area contributed by atoms with Gasteiger partial charge in [0.15, 0.2) is 5.16 Å². The molecule has 5 atom stereocenters. The topological polar surface area (TPSA) is 175 Å². The van der Waals surface area contributed by atoms with Crippen molar-refractivity contribution < 1.29 is 28.7 Å². The van der Waals surface area contributed by atoms with Gasteiger partial charge in [0.05, 0.1) is 23.7 Å². The van der Waals surface area contributed by atoms with Gasteiger partial charge >= 0.3 is 12.1 Å². The number of aromatic nitrogens is 4. The number of hydrogen-bond acceptors (Lipinski definition) is 11. The third-order valence-electron chi connectivity index (χ3n) is 8.59. The van der Waals surface area contributed by atoms with Crippen molar-refractivity contribution in [3.63, 3.8) is 0 Å². The molecule has 2 fully saturated rings. The van der Waals surface area contributed by atoms with Crippen LogP contribution in [0.4, 0.5) is 4.79 Å². The largest absolute Gasteiger partial charge is 0.464 e. The quantitative estimate of drug-likeness (QED) is 0.248. The van der Waals surface area contributed by atoms with Crippen molar-refractivity contribution in [1.29, 1.82) is 0 Å². The molecule has 5 rings (SSSR count). The molecule has 0 radical (unpaired) electrons. The maximum Gasteiger partial charge on any atom is 0.408 e. The number of esters is 1. The minimum Gasteiger partial charge on any atom is -0.464 e. The zero-order chi connectivity index (χ0) is 35.3. The number of carbonyl (C=O) groups excluding carboxylic acids is 4. The predicted molar refractivity (Wildman–Crippen MR) is 183 cm³/mol. The average molecular weight is 761 g/mol. The summed E-state index contributed by atoms with van der Waals surface area (Å²) < 4.78 is 12.3. The highest BCUT2D eigenvalue weighted by Gasteiger charge is 2.62. The second kappa shape index (κ2) is 15.4. The van der Waals surface area contributed by atoms with E-state index in [2.05, 4.69) is 41.6 Å². The molecule has 0 bridgehead atoms. The highest BCUT2D eigenvalue weighted by molar-refractivity contribution is 9.10. The zero-order valence-electron chi connectivity index (χ0n) is 28.0. The summed E-state index contributed by atoms with van der Waals surface area (Å²) in [6.07, 6.45) is 11.7. The Morgan fingerprint density at radius 2 is 1.92 bits per heavy atom. The van der Waals surface area contributed by atoms with E-state index in [1.807, 2.05) is 12.2 Å². The van der Waals surface area contributed by atoms with Gasteiger partial charge in [0.1, 0.15) is 27.7 Å². The number of alkyl carbamates (subject to hydrolysis) is 1. The van der Waals surface area contributed by atoms with E-state index in [0.717, 1.165) is 19.3 Å². The van der Waals surface area contributed by atoms with Crippen LogP contribution >= 0.6 is 27.7 Å². The molecule has 0 unspecified atom stereocenters. The number of carbonyl (C=O) groups is 4. The van der Waals surface area contributed by atoms with Crippen LogP contribution in [0.1, 0.15) is 78.7 Å². The fraction of sp³-hybridized carbons (Fsp3) is 0.576. The Labute approximate surface area is 297 Å². The van der Waals surface area contributed by atoms with Crippen molar-refractivity contribution in [2.24, 2.45) is 5.92 Å². The summed E-state index contributed by atoms with van der Waals surface area (Å²) in [5.74, 6) is -1.82. The molecule has 1 saturated carbocycles. The average Bonchev–Trinajstić information content (AvgIpc) is 3.56. The summed E-state index contributed by atoms with van der Waals surface area (Å²) >= 11 is 4.57. The standard InChI is InChI=1S/C33H42BrN7O7S/c1-5-47-29(45)33-17-20(33)12-9-7-6-8-10-13-22(38-31(46)48-32(2,3)4)27(43)40-19-21(16-23(40)26(42)39-33)41-28(44)25(34)24(18-37-41)49-30-35-14-11-15-36-30/h9,11-12,14-15,18,20-23H,5-8,10,13,16-17,19H2,1-4H3,(H,38,46)(H,39,42)/b12-9-/t20-,21+,22-,23-,33+/m0/s1. The van der Waals surface area contributed by atoms with E-state index in [4.69, 9.17) is 9.47 Å². The molecule has 2 aliphatic heterocycles. The Bertz CT molecular complexity index is 1650. The van der Waals surface area contributed by atoms with Gasteiger partial charge in [0.2, 0.25) is 11.8 Å². The van der Waals surface area contributed by atoms with E-state index in [9.17, 15) is 24.0 Å². The third-order valence-corrected chi connectivity index (χ3v) is 10.5. The van der Waals surface area contributed by atoms with Gasteiger partial charge < -0.3 is 25.0 Å². The number of rotatable bonds is 6. The first-order valence-electron chi connectivity index (χ1n) is 16.5. The second-order valence-electron chi connectivity index (χ2n) is 13.4. The SMILES string of the molecule is CCOC(=O)[C@@]12C[C@@H]1/C=C\CCCCC[C@H](NC(=O)OC(C)(C)C)C(=O)N1C[C@H](n3ncc(Sc4ncccn4)c(Br)c3=O)C[C@H]1C(=O)N2. The first-order valence-corrected chi connectivity index (χ1v) is 18.1. The molecule has 1 saturated heterocycles. The van der Waals surface area contributed by atoms with Crippen molar-refractivity contribution >= 4 is 51.6 Å². The monoisotopic (exact) mass is 759 g/mol. The maximum atomic E-state index is 14.3. The molecular formula is C33H42BrN7O7S. The molecule has 3 amide bonds. The number of nitrogens with one attached hydrogen (secondary N) is 2. The fourth-order valence-electron chi connectivity index (χ4n) is 6.15. The molecule has 49 heavy (non-hydrogen) atoms. The molecule has 0 aromatic carbocycles. The number of hydrogen-bond donors (Lipinski definition) is 2. The molecule has 1 aliphatic carbocycles. The lowest BCUT2D eigenvalue weighted by atomic mass is 10.0. The summed E-state index contributed by atoms with van der Waals surface area (Å²) in [5, 5.41) is 10.5. The molecule has 2 aromatic rings. The van der Waals surface area contributed by atoms with Crippen molar-refractivity contribution in [1.82, 2.24) is 35.3 Å². The highest BCUT2D eigenvalue weighted by Crippen LogP contribution is 2.46. The number of ether oxygens (including phenoxy) is 2. The number of halogens is 1. The van der Waals surface area contributed by atoms with Gasteiger partial charge in [0.25, 0.3) is 5.56 Å². The van der Waals surface area contributed by atoms with Crippen LogP contribution < -0.4 is 16.2 Å². The van der Waals surface area contributed by atoms with Gasteiger partial charge in [-0.3, -0.25) is 14.4 Å². The Morgan fingerprint density at radius 3 is 2.63 bits per heavy atom. The van der Waals surface area contributed by atoms with Gasteiger partial charge in [-0.15, -0.1) is 0 Å². The van der Waals surface area contributed by atoms with E-state index in [1.165, 1.54) is 27.5 Å². The molecule has 14 nitrogen and oxygen atoms in total. The van der Waals surface area contributed by atoms with Gasteiger partial charge in [0, 0.05) is 31.3 Å². The van der Waals surface area contributed by atoms with Gasteiger partial charge in [-0.25, -0.2) is 24.2 Å². The Kier molecular flexibility index (Phi) is 11.5. The van der Waals surface area contributed by atoms with Crippen LogP contribution in [0.5, 0.6) is 0 Å². The van der Waals surface area contributed by atoms with Gasteiger partial charge in [-0.2, -0.15) is 5.10 Å². The molecule has 2 N–H and O–H groups in total. The Balaban J connectivity index is 1.48. The number of allylic oxidation sites excluding steroid dienone is 1. The highest BCUT2D eigenvalue weighted by atomic mass is 79.9. The van der Waals surface area contributed by atoms with E-state index >= 15 is 0 Å². The van der Waals surface area contributed by atoms with Crippen molar-refractivity contribution in [2.75, 3.05) is 13.2 Å². The lowest BCUT2D eigenvalue weighted by molar-refractivity contribution is -0.150. The smallest absolute Gasteiger partial charge is 0.408 e. The number of nitrogens with zero attached hydrogens (tertiary/aromatic N) is 5. The van der Waals surface area contributed by atoms with Crippen LogP contribution in [0.2, 0.25) is 0 Å². The van der Waals surface area contributed by atoms with Crippen molar-refractivity contribution in [3.8, 4) is 0 Å². The zero-order valence-corrected chi connectivity index (χ0v) is 30.4. The fourth-order valence-corrected chi connectivity index (χ4v) is 7.38. The maximum absolute atomic E-state index is 14.3. The number of amides is 3. The lowest BCUT2D eigenvalue weighted by Crippen LogP contribution is -2.56. The minimum absolute atomic E-state index is 0.0349. The minimum atomic E-state index is -1.25. The van der Waals surface area contributed by atoms with E-state index < -0.39 is 58.7 Å². The molecule has 4 heterocycles. The molecule has 2 aromatic heterocycles. The van der Waals surface area contributed by atoms with E-state index in [0.29, 0.717) is 29.3 Å². The second-order valence-corrected chi connectivity index (χ2v) is 15.2. The Hall–Kier alpha value is -3.79. The summed E-state index contributed by atoms with van der Waals surface area (Å²) in [7, 11) is 0. The molecule has 0 spiro atoms. The normalized spacial score (nSPS) is 26.7. The summed E-state index contributed by atoms with van der Waals surface area (Å²) in [6.45, 7) is 7.01. The third kappa shape index (κ3) is 8.69. The summed E-state index contributed by atoms with van der Waals surface area (Å²) in [4.78, 5) is 78.5. The van der Waals surface area contributed by atoms with E-state index in [1.54, 1.807) is 46.2 Å². The lowest BCUT2D eigenvalue weighted by Gasteiger charge is -2.30. The van der Waals surface area contributed by atoms with Crippen molar-refractivity contribution in [2.45, 2.75) is 112 Å². The van der Waals surface area contributed by atoms with Crippen LogP contribution in [-0.2, 0) is 23.9 Å². The van der Waals surface area contributed by atoms with Gasteiger partial charge in [-0.1, -0.05) is 25.0 Å². The van der Waals surface area contributed by atoms with E-state index in [-0.39, 0.29) is 30.0 Å². The molecule has 264 valence electrons. The predicted octanol–water partition coefficient (Wildman–Crippen LogP) is 3.94. The molecule has 3 aliphatic rings. The first kappa shape index (κ1) is 36.5. The van der Waals surface area contributed by atoms with Crippen molar-refractivity contribution in [3.05, 3.63) is 51.6 Å². The van der Waals surface area contributed by atoms with Crippen LogP contribution in [0.3, 0.4) is 0 Å². The van der Waals surface area contributed by atoms with Crippen LogP contribution in [-0.4, -0.2) is 84.9 Å². The first-order chi connectivity index (χ1) is 23.3. The summed E-state index contributed by atoms with van der Waals surface area (Å²) in [6, 6.07) is -1.06. The van der Waals surface area contributed by atoms with Crippen LogP contribution in [0.15, 0.2) is 56.1 Å². The Morgan fingerprint density at radius 1 is 1.16 bits per heavy atom. The molecular weight excluding hydrogens is 718 g/mol. The number of fused-ring (bicyclic) bond motifs is 2. The van der Waals surface area contributed by atoms with Crippen LogP contribution in [0, 0.1) is 5.92 Å². The summed E-state index contributed by atoms with van der Waals surface area (Å²) in [5.41, 5.74) is -2.50. The molecule has 16 heteroatoms.